The van der Waals surface area contributed by atoms with Crippen molar-refractivity contribution in [2.75, 3.05) is 0 Å². The monoisotopic (exact) mass is 338 g/mol. The molecule has 0 spiro atoms. The van der Waals surface area contributed by atoms with Crippen molar-refractivity contribution in [3.05, 3.63) is 40.5 Å². The van der Waals surface area contributed by atoms with Gasteiger partial charge in [0.05, 0.1) is 27.5 Å². The Morgan fingerprint density at radius 1 is 1.05 bits per heavy atom. The zero-order valence-corrected chi connectivity index (χ0v) is 14.4. The molecule has 1 aromatic heterocycles. The van der Waals surface area contributed by atoms with Crippen LogP contribution in [0.2, 0.25) is 10.0 Å². The van der Waals surface area contributed by atoms with Crippen molar-refractivity contribution in [1.82, 2.24) is 9.78 Å². The zero-order chi connectivity index (χ0) is 16.1. The van der Waals surface area contributed by atoms with Gasteiger partial charge in [-0.05, 0) is 52.0 Å². The molecule has 0 N–H and O–H groups in total. The van der Waals surface area contributed by atoms with Crippen molar-refractivity contribution in [3.63, 3.8) is 0 Å². The minimum atomic E-state index is -0.501. The molecule has 7 heteroatoms. The highest BCUT2D eigenvalue weighted by Gasteiger charge is 2.52. The molecular formula is C15H17BCl2N2O2. The lowest BCUT2D eigenvalue weighted by atomic mass is 9.84. The highest BCUT2D eigenvalue weighted by molar-refractivity contribution is 6.61. The highest BCUT2D eigenvalue weighted by Crippen LogP contribution is 2.36. The number of halogens is 2. The van der Waals surface area contributed by atoms with Gasteiger partial charge in [0.15, 0.2) is 0 Å². The number of rotatable bonds is 2. The third-order valence-electron chi connectivity index (χ3n) is 4.30. The van der Waals surface area contributed by atoms with E-state index in [0.29, 0.717) is 10.0 Å². The molecule has 1 aliphatic rings. The van der Waals surface area contributed by atoms with Gasteiger partial charge in [0, 0.05) is 11.2 Å². The molecule has 0 aliphatic carbocycles. The lowest BCUT2D eigenvalue weighted by Crippen LogP contribution is -2.41. The van der Waals surface area contributed by atoms with Crippen molar-refractivity contribution in [3.8, 4) is 5.69 Å². The molecule has 4 nitrogen and oxygen atoms in total. The van der Waals surface area contributed by atoms with Crippen molar-refractivity contribution in [1.29, 1.82) is 0 Å². The molecule has 1 aromatic carbocycles. The molecule has 0 saturated carbocycles. The maximum atomic E-state index is 6.28. The van der Waals surface area contributed by atoms with E-state index in [1.54, 1.807) is 23.0 Å². The summed E-state index contributed by atoms with van der Waals surface area (Å²) < 4.78 is 13.9. The number of nitrogens with zero attached hydrogens (tertiary/aromatic N) is 2. The van der Waals surface area contributed by atoms with Crippen LogP contribution in [0.5, 0.6) is 0 Å². The van der Waals surface area contributed by atoms with E-state index >= 15 is 0 Å². The molecule has 0 unspecified atom stereocenters. The SMILES string of the molecule is CC1(C)OB(c2ccnn2-c2ccc(Cl)cc2Cl)OC1(C)C. The summed E-state index contributed by atoms with van der Waals surface area (Å²) in [5.74, 6) is 0. The standard InChI is InChI=1S/C15H17BCl2N2O2/c1-14(2)15(3,4)22-16(21-14)13-7-8-19-20(13)12-6-5-10(17)9-11(12)18/h5-9H,1-4H3. The van der Waals surface area contributed by atoms with Crippen LogP contribution in [0.4, 0.5) is 0 Å². The van der Waals surface area contributed by atoms with Crippen LogP contribution in [0, 0.1) is 0 Å². The van der Waals surface area contributed by atoms with Crippen LogP contribution in [-0.2, 0) is 9.31 Å². The van der Waals surface area contributed by atoms with E-state index in [4.69, 9.17) is 32.5 Å². The van der Waals surface area contributed by atoms with Crippen LogP contribution < -0.4 is 5.59 Å². The maximum Gasteiger partial charge on any atom is 0.514 e. The van der Waals surface area contributed by atoms with Crippen molar-refractivity contribution >= 4 is 35.9 Å². The van der Waals surface area contributed by atoms with Gasteiger partial charge in [-0.1, -0.05) is 23.2 Å². The summed E-state index contributed by atoms with van der Waals surface area (Å²) >= 11 is 12.2. The largest absolute Gasteiger partial charge is 0.514 e. The molecule has 116 valence electrons. The second-order valence-electron chi connectivity index (χ2n) is 6.35. The van der Waals surface area contributed by atoms with Gasteiger partial charge in [0.2, 0.25) is 0 Å². The molecule has 1 fully saturated rings. The highest BCUT2D eigenvalue weighted by atomic mass is 35.5. The Hall–Kier alpha value is -1.01. The van der Waals surface area contributed by atoms with Crippen LogP contribution >= 0.6 is 23.2 Å². The van der Waals surface area contributed by atoms with Crippen LogP contribution in [0.15, 0.2) is 30.5 Å². The fourth-order valence-electron chi connectivity index (χ4n) is 2.31. The van der Waals surface area contributed by atoms with Crippen LogP contribution in [0.1, 0.15) is 27.7 Å². The summed E-state index contributed by atoms with van der Waals surface area (Å²) in [5, 5.41) is 5.45. The molecule has 0 bridgehead atoms. The van der Waals surface area contributed by atoms with Crippen molar-refractivity contribution in [2.45, 2.75) is 38.9 Å². The van der Waals surface area contributed by atoms with Gasteiger partial charge < -0.3 is 9.31 Å². The molecule has 1 aliphatic heterocycles. The van der Waals surface area contributed by atoms with Gasteiger partial charge in [0.25, 0.3) is 0 Å². The molecule has 0 amide bonds. The first kappa shape index (κ1) is 15.9. The fourth-order valence-corrected chi connectivity index (χ4v) is 2.80. The van der Waals surface area contributed by atoms with Crippen LogP contribution in [-0.4, -0.2) is 28.1 Å². The zero-order valence-electron chi connectivity index (χ0n) is 12.9. The van der Waals surface area contributed by atoms with Gasteiger partial charge in [-0.3, -0.25) is 0 Å². The molecule has 2 heterocycles. The molecule has 22 heavy (non-hydrogen) atoms. The summed E-state index contributed by atoms with van der Waals surface area (Å²) in [6, 6.07) is 7.16. The number of hydrogen-bond acceptors (Lipinski definition) is 3. The number of aromatic nitrogens is 2. The van der Waals surface area contributed by atoms with Gasteiger partial charge in [-0.25, -0.2) is 4.68 Å². The average Bonchev–Trinajstić information content (AvgIpc) is 2.93. The quantitative estimate of drug-likeness (QED) is 0.786. The van der Waals surface area contributed by atoms with E-state index in [9.17, 15) is 0 Å². The minimum Gasteiger partial charge on any atom is -0.398 e. The molecular weight excluding hydrogens is 322 g/mol. The normalized spacial score (nSPS) is 19.6. The van der Waals surface area contributed by atoms with E-state index in [1.807, 2.05) is 39.8 Å². The first-order valence-electron chi connectivity index (χ1n) is 7.06. The number of benzene rings is 1. The molecule has 0 radical (unpaired) electrons. The molecule has 1 saturated heterocycles. The Balaban J connectivity index is 2.00. The third-order valence-corrected chi connectivity index (χ3v) is 4.84. The van der Waals surface area contributed by atoms with Crippen LogP contribution in [0.25, 0.3) is 5.69 Å². The lowest BCUT2D eigenvalue weighted by Gasteiger charge is -2.32. The van der Waals surface area contributed by atoms with E-state index in [0.717, 1.165) is 11.3 Å². The van der Waals surface area contributed by atoms with E-state index < -0.39 is 18.3 Å². The maximum absolute atomic E-state index is 6.28. The Morgan fingerprint density at radius 3 is 2.27 bits per heavy atom. The van der Waals surface area contributed by atoms with Gasteiger partial charge >= 0.3 is 7.12 Å². The Bertz CT molecular complexity index is 699. The summed E-state index contributed by atoms with van der Waals surface area (Å²) in [4.78, 5) is 0. The first-order valence-corrected chi connectivity index (χ1v) is 7.82. The molecule has 3 rings (SSSR count). The summed E-state index contributed by atoms with van der Waals surface area (Å²) in [6.45, 7) is 8.07. The van der Waals surface area contributed by atoms with Crippen LogP contribution in [0.3, 0.4) is 0 Å². The van der Waals surface area contributed by atoms with Crippen molar-refractivity contribution in [2.24, 2.45) is 0 Å². The summed E-state index contributed by atoms with van der Waals surface area (Å²) in [7, 11) is -0.501. The minimum absolute atomic E-state index is 0.406. The smallest absolute Gasteiger partial charge is 0.398 e. The average molecular weight is 339 g/mol. The second-order valence-corrected chi connectivity index (χ2v) is 7.20. The number of hydrogen-bond donors (Lipinski definition) is 0. The van der Waals surface area contributed by atoms with Crippen molar-refractivity contribution < 1.29 is 9.31 Å². The predicted octanol–water partition coefficient (Wildman–Crippen LogP) is 3.48. The van der Waals surface area contributed by atoms with Gasteiger partial charge in [-0.2, -0.15) is 5.10 Å². The lowest BCUT2D eigenvalue weighted by molar-refractivity contribution is 0.00578. The summed E-state index contributed by atoms with van der Waals surface area (Å²) in [5.41, 5.74) is 0.719. The Morgan fingerprint density at radius 2 is 1.68 bits per heavy atom. The molecule has 2 aromatic rings. The summed E-state index contributed by atoms with van der Waals surface area (Å²) in [6.07, 6.45) is 1.70. The van der Waals surface area contributed by atoms with Gasteiger partial charge in [-0.15, -0.1) is 0 Å². The van der Waals surface area contributed by atoms with E-state index in [-0.39, 0.29) is 0 Å². The van der Waals surface area contributed by atoms with E-state index in [1.165, 1.54) is 0 Å². The topological polar surface area (TPSA) is 36.3 Å². The second kappa shape index (κ2) is 5.27. The first-order chi connectivity index (χ1) is 10.2. The van der Waals surface area contributed by atoms with Gasteiger partial charge in [0.1, 0.15) is 0 Å². The Labute approximate surface area is 140 Å². The Kier molecular flexibility index (Phi) is 3.80. The fraction of sp³-hybridized carbons (Fsp3) is 0.400. The predicted molar refractivity (Wildman–Crippen MR) is 89.3 cm³/mol. The molecule has 0 atom stereocenters. The third kappa shape index (κ3) is 2.56. The van der Waals surface area contributed by atoms with E-state index in [2.05, 4.69) is 5.10 Å².